The Hall–Kier alpha value is -8.40. The second-order valence-electron chi connectivity index (χ2n) is 16.1. The zero-order valence-corrected chi connectivity index (χ0v) is 34.4. The van der Waals surface area contributed by atoms with Gasteiger partial charge in [0.1, 0.15) is 11.2 Å². The largest absolute Gasteiger partial charge is 0.456 e. The fourth-order valence-electron chi connectivity index (χ4n) is 9.35. The van der Waals surface area contributed by atoms with Crippen molar-refractivity contribution in [3.8, 4) is 50.2 Å². The first-order chi connectivity index (χ1) is 31.2. The zero-order valence-electron chi connectivity index (χ0n) is 34.4. The van der Waals surface area contributed by atoms with Crippen molar-refractivity contribution in [3.63, 3.8) is 0 Å². The SMILES string of the molecule is c1ccc(-c2cccc(N(c3ccc(-c4ccc5c(c4)oc4ccccc45)cc3)c3ccc(-c4ccc(-c5ccccc5)cc4-n4c5ccccc5c5ccccc54)cc3)c2)cc1. The van der Waals surface area contributed by atoms with Gasteiger partial charge >= 0.3 is 0 Å². The van der Waals surface area contributed by atoms with Gasteiger partial charge in [-0.2, -0.15) is 0 Å². The van der Waals surface area contributed by atoms with E-state index in [1.54, 1.807) is 0 Å². The van der Waals surface area contributed by atoms with Gasteiger partial charge in [0.05, 0.1) is 16.7 Å². The molecule has 0 amide bonds. The topological polar surface area (TPSA) is 21.3 Å². The Morgan fingerprint density at radius 1 is 0.286 bits per heavy atom. The van der Waals surface area contributed by atoms with Gasteiger partial charge in [-0.1, -0.05) is 170 Å². The molecular weight excluding hydrogens is 765 g/mol. The molecule has 2 heterocycles. The molecule has 0 bridgehead atoms. The monoisotopic (exact) mass is 804 g/mol. The van der Waals surface area contributed by atoms with Crippen LogP contribution in [0.1, 0.15) is 0 Å². The number of nitrogens with zero attached hydrogens (tertiary/aromatic N) is 2. The Morgan fingerprint density at radius 3 is 1.43 bits per heavy atom. The Labute approximate surface area is 366 Å². The molecule has 296 valence electrons. The van der Waals surface area contributed by atoms with Gasteiger partial charge in [-0.15, -0.1) is 0 Å². The van der Waals surface area contributed by atoms with E-state index in [4.69, 9.17) is 4.42 Å². The number of para-hydroxylation sites is 3. The normalized spacial score (nSPS) is 11.5. The molecule has 0 saturated carbocycles. The molecule has 0 fully saturated rings. The van der Waals surface area contributed by atoms with Crippen LogP contribution in [0.25, 0.3) is 93.9 Å². The van der Waals surface area contributed by atoms with Crippen LogP contribution in [0.5, 0.6) is 0 Å². The molecule has 0 saturated heterocycles. The quantitative estimate of drug-likeness (QED) is 0.153. The van der Waals surface area contributed by atoms with Crippen molar-refractivity contribution in [1.29, 1.82) is 0 Å². The summed E-state index contributed by atoms with van der Waals surface area (Å²) in [6.07, 6.45) is 0. The fraction of sp³-hybridized carbons (Fsp3) is 0. The van der Waals surface area contributed by atoms with Crippen LogP contribution >= 0.6 is 0 Å². The summed E-state index contributed by atoms with van der Waals surface area (Å²) in [6, 6.07) is 87.2. The molecule has 0 unspecified atom stereocenters. The molecule has 10 aromatic carbocycles. The van der Waals surface area contributed by atoms with Gasteiger partial charge < -0.3 is 13.9 Å². The Morgan fingerprint density at radius 2 is 0.762 bits per heavy atom. The van der Waals surface area contributed by atoms with E-state index in [1.165, 1.54) is 44.1 Å². The number of anilines is 3. The van der Waals surface area contributed by atoms with E-state index in [1.807, 2.05) is 12.1 Å². The van der Waals surface area contributed by atoms with Crippen LogP contribution in [0.3, 0.4) is 0 Å². The lowest BCUT2D eigenvalue weighted by Crippen LogP contribution is -2.10. The molecule has 3 nitrogen and oxygen atoms in total. The highest BCUT2D eigenvalue weighted by molar-refractivity contribution is 6.10. The average Bonchev–Trinajstić information content (AvgIpc) is 3.90. The first-order valence-corrected chi connectivity index (χ1v) is 21.5. The maximum atomic E-state index is 6.26. The number of aromatic nitrogens is 1. The molecule has 0 N–H and O–H groups in total. The number of rotatable bonds is 8. The van der Waals surface area contributed by atoms with Gasteiger partial charge in [-0.25, -0.2) is 0 Å². The van der Waals surface area contributed by atoms with E-state index in [0.717, 1.165) is 66.9 Å². The van der Waals surface area contributed by atoms with Crippen molar-refractivity contribution in [2.45, 2.75) is 0 Å². The Kier molecular flexibility index (Phi) is 8.83. The van der Waals surface area contributed by atoms with Crippen molar-refractivity contribution in [2.24, 2.45) is 0 Å². The molecular formula is C60H40N2O. The molecule has 0 aliphatic rings. The highest BCUT2D eigenvalue weighted by Crippen LogP contribution is 2.42. The summed E-state index contributed by atoms with van der Waals surface area (Å²) in [5.41, 5.74) is 17.8. The molecule has 0 aliphatic carbocycles. The van der Waals surface area contributed by atoms with Gasteiger partial charge in [0.25, 0.3) is 0 Å². The highest BCUT2D eigenvalue weighted by atomic mass is 16.3. The Bertz CT molecular complexity index is 3550. The fourth-order valence-corrected chi connectivity index (χ4v) is 9.35. The number of benzene rings is 10. The smallest absolute Gasteiger partial charge is 0.136 e. The predicted octanol–water partition coefficient (Wildman–Crippen LogP) is 16.8. The van der Waals surface area contributed by atoms with Crippen LogP contribution in [0.2, 0.25) is 0 Å². The van der Waals surface area contributed by atoms with E-state index in [9.17, 15) is 0 Å². The summed E-state index contributed by atoms with van der Waals surface area (Å²) in [6.45, 7) is 0. The second kappa shape index (κ2) is 15.3. The molecule has 0 atom stereocenters. The van der Waals surface area contributed by atoms with E-state index >= 15 is 0 Å². The minimum Gasteiger partial charge on any atom is -0.456 e. The van der Waals surface area contributed by atoms with E-state index in [-0.39, 0.29) is 0 Å². The Balaban J connectivity index is 0.976. The molecule has 63 heavy (non-hydrogen) atoms. The molecule has 0 aliphatic heterocycles. The van der Waals surface area contributed by atoms with Crippen LogP contribution < -0.4 is 4.90 Å². The lowest BCUT2D eigenvalue weighted by Gasteiger charge is -2.26. The van der Waals surface area contributed by atoms with Crippen molar-refractivity contribution in [1.82, 2.24) is 4.57 Å². The van der Waals surface area contributed by atoms with Crippen LogP contribution in [0.4, 0.5) is 17.1 Å². The summed E-state index contributed by atoms with van der Waals surface area (Å²) in [5.74, 6) is 0. The first kappa shape index (κ1) is 36.5. The maximum Gasteiger partial charge on any atom is 0.136 e. The molecule has 0 spiro atoms. The van der Waals surface area contributed by atoms with Crippen LogP contribution in [0, 0.1) is 0 Å². The van der Waals surface area contributed by atoms with Crippen molar-refractivity contribution in [2.75, 3.05) is 4.90 Å². The summed E-state index contributed by atoms with van der Waals surface area (Å²) >= 11 is 0. The van der Waals surface area contributed by atoms with Gasteiger partial charge in [0.2, 0.25) is 0 Å². The number of hydrogen-bond acceptors (Lipinski definition) is 2. The minimum absolute atomic E-state index is 0.897. The van der Waals surface area contributed by atoms with Gasteiger partial charge in [0.15, 0.2) is 0 Å². The molecule has 2 aromatic heterocycles. The van der Waals surface area contributed by atoms with Crippen molar-refractivity contribution in [3.05, 3.63) is 243 Å². The molecule has 0 radical (unpaired) electrons. The predicted molar refractivity (Wildman–Crippen MR) is 264 cm³/mol. The third kappa shape index (κ3) is 6.46. The lowest BCUT2D eigenvalue weighted by molar-refractivity contribution is 0.669. The van der Waals surface area contributed by atoms with E-state index in [0.29, 0.717) is 0 Å². The summed E-state index contributed by atoms with van der Waals surface area (Å²) in [7, 11) is 0. The third-order valence-electron chi connectivity index (χ3n) is 12.4. The second-order valence-corrected chi connectivity index (χ2v) is 16.1. The summed E-state index contributed by atoms with van der Waals surface area (Å²) in [5, 5.41) is 4.76. The first-order valence-electron chi connectivity index (χ1n) is 21.5. The van der Waals surface area contributed by atoms with Crippen LogP contribution in [-0.4, -0.2) is 4.57 Å². The highest BCUT2D eigenvalue weighted by Gasteiger charge is 2.19. The van der Waals surface area contributed by atoms with Crippen LogP contribution in [-0.2, 0) is 0 Å². The third-order valence-corrected chi connectivity index (χ3v) is 12.4. The average molecular weight is 805 g/mol. The summed E-state index contributed by atoms with van der Waals surface area (Å²) in [4.78, 5) is 2.36. The van der Waals surface area contributed by atoms with Crippen LogP contribution in [0.15, 0.2) is 247 Å². The molecule has 12 aromatic rings. The number of furan rings is 1. The lowest BCUT2D eigenvalue weighted by atomic mass is 9.97. The maximum absolute atomic E-state index is 6.26. The number of hydrogen-bond donors (Lipinski definition) is 0. The van der Waals surface area contributed by atoms with E-state index < -0.39 is 0 Å². The zero-order chi connectivity index (χ0) is 41.7. The minimum atomic E-state index is 0.897. The van der Waals surface area contributed by atoms with Gasteiger partial charge in [0, 0.05) is 44.2 Å². The molecule has 3 heteroatoms. The van der Waals surface area contributed by atoms with Crippen molar-refractivity contribution < 1.29 is 4.42 Å². The number of fused-ring (bicyclic) bond motifs is 6. The molecule has 12 rings (SSSR count). The van der Waals surface area contributed by atoms with E-state index in [2.05, 4.69) is 240 Å². The standard InChI is InChI=1S/C60H40N2O/c1-3-14-41(15-4-1)45-18-13-19-50(38-45)61(48-32-26-43(27-33-48)47-31-37-55-54-22-9-12-25-59(54)63-60(55)40-47)49-34-28-44(29-35-49)51-36-30-46(42-16-5-2-6-17-42)39-58(51)62-56-23-10-7-20-52(56)53-21-8-11-24-57(53)62/h1-40H. The van der Waals surface area contributed by atoms with Crippen molar-refractivity contribution >= 4 is 60.8 Å². The summed E-state index contributed by atoms with van der Waals surface area (Å²) < 4.78 is 8.70. The van der Waals surface area contributed by atoms with Gasteiger partial charge in [-0.05, 0) is 112 Å². The van der Waals surface area contributed by atoms with Gasteiger partial charge in [-0.3, -0.25) is 0 Å².